The first-order valence-electron chi connectivity index (χ1n) is 10.6. The van der Waals surface area contributed by atoms with Gasteiger partial charge in [0.15, 0.2) is 0 Å². The Kier molecular flexibility index (Phi) is 5.59. The maximum Gasteiger partial charge on any atom is 0.223 e. The number of ether oxygens (including phenoxy) is 1. The van der Waals surface area contributed by atoms with Crippen molar-refractivity contribution >= 4 is 5.91 Å². The number of nitrogens with one attached hydrogen (secondary N) is 1. The van der Waals surface area contributed by atoms with Crippen LogP contribution in [0.2, 0.25) is 0 Å². The fourth-order valence-corrected chi connectivity index (χ4v) is 4.45. The second-order valence-corrected chi connectivity index (χ2v) is 8.58. The van der Waals surface area contributed by atoms with Crippen LogP contribution in [0.5, 0.6) is 5.75 Å². The average Bonchev–Trinajstić information content (AvgIpc) is 3.53. The van der Waals surface area contributed by atoms with Crippen LogP contribution in [0.15, 0.2) is 30.6 Å². The van der Waals surface area contributed by atoms with Crippen molar-refractivity contribution in [3.8, 4) is 5.75 Å². The van der Waals surface area contributed by atoms with E-state index in [1.807, 2.05) is 26.0 Å². The Balaban J connectivity index is 1.56. The molecule has 0 radical (unpaired) electrons. The van der Waals surface area contributed by atoms with E-state index in [-0.39, 0.29) is 17.7 Å². The van der Waals surface area contributed by atoms with Crippen molar-refractivity contribution in [3.05, 3.63) is 58.4 Å². The highest BCUT2D eigenvalue weighted by atomic mass is 16.5. The summed E-state index contributed by atoms with van der Waals surface area (Å²) in [6.45, 7) is 6.47. The number of hydrogen-bond acceptors (Lipinski definition) is 4. The molecule has 5 heteroatoms. The molecule has 1 amide bonds. The van der Waals surface area contributed by atoms with Gasteiger partial charge in [0.2, 0.25) is 5.91 Å². The Labute approximate surface area is 172 Å². The maximum absolute atomic E-state index is 12.6. The Hall–Kier alpha value is -2.40. The van der Waals surface area contributed by atoms with Gasteiger partial charge in [0.25, 0.3) is 0 Å². The van der Waals surface area contributed by atoms with E-state index in [2.05, 4.69) is 23.3 Å². The number of carbonyl (C=O) groups excluding carboxylic acids is 1. The van der Waals surface area contributed by atoms with E-state index in [1.165, 1.54) is 5.56 Å². The van der Waals surface area contributed by atoms with Crippen LogP contribution in [0.3, 0.4) is 0 Å². The van der Waals surface area contributed by atoms with E-state index in [0.717, 1.165) is 53.7 Å². The lowest BCUT2D eigenvalue weighted by atomic mass is 9.72. The maximum atomic E-state index is 12.6. The van der Waals surface area contributed by atoms with E-state index in [4.69, 9.17) is 4.74 Å². The number of pyridine rings is 1. The molecule has 2 N–H and O–H groups in total. The van der Waals surface area contributed by atoms with E-state index in [0.29, 0.717) is 12.6 Å². The monoisotopic (exact) mass is 394 g/mol. The third-order valence-corrected chi connectivity index (χ3v) is 6.45. The van der Waals surface area contributed by atoms with Gasteiger partial charge >= 0.3 is 0 Å². The third kappa shape index (κ3) is 4.15. The fourth-order valence-electron chi connectivity index (χ4n) is 4.45. The topological polar surface area (TPSA) is 71.5 Å². The molecule has 1 fully saturated rings. The van der Waals surface area contributed by atoms with Gasteiger partial charge in [0, 0.05) is 35.8 Å². The van der Waals surface area contributed by atoms with Gasteiger partial charge in [-0.05, 0) is 73.9 Å². The number of aliphatic hydroxyl groups excluding tert-OH is 1. The predicted molar refractivity (Wildman–Crippen MR) is 112 cm³/mol. The highest BCUT2D eigenvalue weighted by molar-refractivity contribution is 5.79. The number of fused-ring (bicyclic) bond motifs is 1. The fraction of sp³-hybridized carbons (Fsp3) is 0.500. The molecule has 0 unspecified atom stereocenters. The number of aryl methyl sites for hydroxylation is 1. The van der Waals surface area contributed by atoms with Crippen molar-refractivity contribution in [1.82, 2.24) is 10.3 Å². The summed E-state index contributed by atoms with van der Waals surface area (Å²) in [6, 6.07) is 6.29. The summed E-state index contributed by atoms with van der Waals surface area (Å²) >= 11 is 0. The molecule has 1 aromatic carbocycles. The number of amides is 1. The van der Waals surface area contributed by atoms with Crippen LogP contribution in [0.25, 0.3) is 0 Å². The minimum atomic E-state index is -0.653. The number of carbonyl (C=O) groups is 1. The van der Waals surface area contributed by atoms with Gasteiger partial charge in [-0.1, -0.05) is 13.0 Å². The molecular formula is C24H30N2O3. The molecule has 1 heterocycles. The summed E-state index contributed by atoms with van der Waals surface area (Å²) in [5, 5.41) is 14.4. The molecule has 0 aliphatic heterocycles. The van der Waals surface area contributed by atoms with Crippen molar-refractivity contribution in [2.24, 2.45) is 11.8 Å². The molecule has 2 aromatic rings. The van der Waals surface area contributed by atoms with Crippen molar-refractivity contribution < 1.29 is 14.6 Å². The van der Waals surface area contributed by atoms with Crippen LogP contribution in [0.4, 0.5) is 0 Å². The number of benzene rings is 1. The molecule has 0 bridgehead atoms. The van der Waals surface area contributed by atoms with Gasteiger partial charge in [0.05, 0.1) is 6.10 Å². The highest BCUT2D eigenvalue weighted by Gasteiger charge is 2.38. The minimum absolute atomic E-state index is 0.0679. The van der Waals surface area contributed by atoms with E-state index in [9.17, 15) is 9.90 Å². The number of rotatable bonds is 6. The number of nitrogens with zero attached hydrogens (tertiary/aromatic N) is 1. The number of hydrogen-bond donors (Lipinski definition) is 2. The normalized spacial score (nSPS) is 21.9. The van der Waals surface area contributed by atoms with Gasteiger partial charge in [-0.2, -0.15) is 0 Å². The molecule has 2 aliphatic rings. The van der Waals surface area contributed by atoms with Gasteiger partial charge in [-0.15, -0.1) is 0 Å². The first-order chi connectivity index (χ1) is 14.0. The summed E-state index contributed by atoms with van der Waals surface area (Å²) in [5.74, 6) is 0.574. The largest absolute Gasteiger partial charge is 0.489 e. The summed E-state index contributed by atoms with van der Waals surface area (Å²) in [5.41, 5.74) is 5.27. The molecule has 1 aromatic heterocycles. The standard InChI is InChI=1S/C24H30N2O3/c1-14-11-21(29-13-17-5-4-10-25-12-17)16(3)22-19(14)8-9-20(23(22)27)15(2)24(28)26-18-6-7-18/h4-5,10-12,15,18,20,23,27H,6-9,13H2,1-3H3,(H,26,28)/t15-,20+,23+/m0/s1. The molecule has 0 spiro atoms. The number of aliphatic hydroxyl groups is 1. The van der Waals surface area contributed by atoms with Crippen molar-refractivity contribution in [2.45, 2.75) is 65.2 Å². The molecule has 29 heavy (non-hydrogen) atoms. The van der Waals surface area contributed by atoms with Crippen LogP contribution >= 0.6 is 0 Å². The average molecular weight is 395 g/mol. The quantitative estimate of drug-likeness (QED) is 0.782. The summed E-state index contributed by atoms with van der Waals surface area (Å²) < 4.78 is 6.09. The summed E-state index contributed by atoms with van der Waals surface area (Å²) in [6.07, 6.45) is 6.74. The predicted octanol–water partition coefficient (Wildman–Crippen LogP) is 3.79. The molecule has 4 rings (SSSR count). The summed E-state index contributed by atoms with van der Waals surface area (Å²) in [4.78, 5) is 16.7. The SMILES string of the molecule is Cc1cc(OCc2cccnc2)c(C)c2c1CC[C@H]([C@H](C)C(=O)NC1CC1)[C@H]2O. The van der Waals surface area contributed by atoms with Crippen LogP contribution < -0.4 is 10.1 Å². The second kappa shape index (κ2) is 8.15. The lowest BCUT2D eigenvalue weighted by Gasteiger charge is -2.36. The number of aromatic nitrogens is 1. The molecule has 0 saturated heterocycles. The van der Waals surface area contributed by atoms with Gasteiger partial charge in [-0.25, -0.2) is 0 Å². The first kappa shape index (κ1) is 19.9. The van der Waals surface area contributed by atoms with Crippen molar-refractivity contribution in [2.75, 3.05) is 0 Å². The zero-order valence-electron chi connectivity index (χ0n) is 17.4. The second-order valence-electron chi connectivity index (χ2n) is 8.58. The van der Waals surface area contributed by atoms with Gasteiger partial charge < -0.3 is 15.2 Å². The zero-order chi connectivity index (χ0) is 20.5. The Morgan fingerprint density at radius 1 is 1.34 bits per heavy atom. The minimum Gasteiger partial charge on any atom is -0.489 e. The highest BCUT2D eigenvalue weighted by Crippen LogP contribution is 2.44. The van der Waals surface area contributed by atoms with E-state index < -0.39 is 6.10 Å². The van der Waals surface area contributed by atoms with E-state index in [1.54, 1.807) is 12.4 Å². The zero-order valence-corrected chi connectivity index (χ0v) is 17.4. The lowest BCUT2D eigenvalue weighted by Crippen LogP contribution is -2.38. The molecule has 5 nitrogen and oxygen atoms in total. The Morgan fingerprint density at radius 3 is 2.83 bits per heavy atom. The van der Waals surface area contributed by atoms with Crippen LogP contribution in [0, 0.1) is 25.7 Å². The smallest absolute Gasteiger partial charge is 0.223 e. The van der Waals surface area contributed by atoms with Crippen molar-refractivity contribution in [1.29, 1.82) is 0 Å². The molecular weight excluding hydrogens is 364 g/mol. The summed E-state index contributed by atoms with van der Waals surface area (Å²) in [7, 11) is 0. The molecule has 154 valence electrons. The molecule has 3 atom stereocenters. The van der Waals surface area contributed by atoms with Crippen LogP contribution in [-0.2, 0) is 17.8 Å². The Bertz CT molecular complexity index is 893. The lowest BCUT2D eigenvalue weighted by molar-refractivity contribution is -0.128. The Morgan fingerprint density at radius 2 is 2.14 bits per heavy atom. The van der Waals surface area contributed by atoms with Crippen molar-refractivity contribution in [3.63, 3.8) is 0 Å². The molecule has 1 saturated carbocycles. The van der Waals surface area contributed by atoms with E-state index >= 15 is 0 Å². The van der Waals surface area contributed by atoms with Gasteiger partial charge in [-0.3, -0.25) is 9.78 Å². The van der Waals surface area contributed by atoms with Crippen LogP contribution in [0.1, 0.15) is 60.1 Å². The van der Waals surface area contributed by atoms with Gasteiger partial charge in [0.1, 0.15) is 12.4 Å². The van der Waals surface area contributed by atoms with Crippen LogP contribution in [-0.4, -0.2) is 22.0 Å². The third-order valence-electron chi connectivity index (χ3n) is 6.45. The first-order valence-corrected chi connectivity index (χ1v) is 10.6. The molecule has 2 aliphatic carbocycles.